The maximum Gasteiger partial charge on any atom is 0.410 e. The Morgan fingerprint density at radius 2 is 1.94 bits per heavy atom. The molecule has 1 aromatic heterocycles. The number of alkyl halides is 3. The molecule has 2 fully saturated rings. The summed E-state index contributed by atoms with van der Waals surface area (Å²) in [6.07, 6.45) is -2.66. The van der Waals surface area contributed by atoms with Gasteiger partial charge in [0.2, 0.25) is 0 Å². The number of rotatable bonds is 2. The average Bonchev–Trinajstić information content (AvgIpc) is 3.36. The van der Waals surface area contributed by atoms with Crippen LogP contribution in [0.1, 0.15) is 47.4 Å². The minimum atomic E-state index is -4.53. The molecular formula is C21H22BrClF3N5O. The summed E-state index contributed by atoms with van der Waals surface area (Å²) in [7, 11) is 0. The number of hydrogen-bond donors (Lipinski definition) is 1. The van der Waals surface area contributed by atoms with Crippen LogP contribution in [0.25, 0.3) is 0 Å². The third kappa shape index (κ3) is 3.90. The topological polar surface area (TPSA) is 53.4 Å². The van der Waals surface area contributed by atoms with Gasteiger partial charge in [0.1, 0.15) is 10.8 Å². The zero-order valence-electron chi connectivity index (χ0n) is 17.1. The fourth-order valence-corrected chi connectivity index (χ4v) is 5.49. The molecule has 0 saturated carbocycles. The lowest BCUT2D eigenvalue weighted by molar-refractivity contribution is -0.173. The fraction of sp³-hybridized carbons (Fsp3) is 0.524. The van der Waals surface area contributed by atoms with E-state index in [1.165, 1.54) is 0 Å². The van der Waals surface area contributed by atoms with Gasteiger partial charge in [0.15, 0.2) is 11.7 Å². The first-order valence-electron chi connectivity index (χ1n) is 10.6. The monoisotopic (exact) mass is 531 g/mol. The first kappa shape index (κ1) is 22.0. The summed E-state index contributed by atoms with van der Waals surface area (Å²) >= 11 is 9.83. The molecule has 3 atom stereocenters. The van der Waals surface area contributed by atoms with Crippen LogP contribution < -0.4 is 5.32 Å². The Morgan fingerprint density at radius 3 is 2.66 bits per heavy atom. The molecule has 2 saturated heterocycles. The Balaban J connectivity index is 1.47. The van der Waals surface area contributed by atoms with Crippen LogP contribution in [-0.2, 0) is 0 Å². The van der Waals surface area contributed by atoms with Gasteiger partial charge in [-0.2, -0.15) is 18.3 Å². The molecule has 5 rings (SSSR count). The number of piperazine rings is 1. The Bertz CT molecular complexity index is 1030. The molecule has 0 bridgehead atoms. The lowest BCUT2D eigenvalue weighted by Gasteiger charge is -2.37. The SMILES string of the molecule is O=C(c1nn2c(c1Cl)N[C@H](c1ccc(Br)cc1)C[C@H]2C(F)(F)F)N1CCN2CCC[C@H]2C1. The molecule has 1 aromatic carbocycles. The number of nitrogens with one attached hydrogen (secondary N) is 1. The highest BCUT2D eigenvalue weighted by atomic mass is 79.9. The van der Waals surface area contributed by atoms with Crippen LogP contribution >= 0.6 is 27.5 Å². The number of halogens is 5. The number of amides is 1. The summed E-state index contributed by atoms with van der Waals surface area (Å²) in [6, 6.07) is 4.91. The number of nitrogens with zero attached hydrogens (tertiary/aromatic N) is 4. The highest BCUT2D eigenvalue weighted by Gasteiger charge is 2.48. The second-order valence-electron chi connectivity index (χ2n) is 8.58. The van der Waals surface area contributed by atoms with Crippen LogP contribution in [-0.4, -0.2) is 63.9 Å². The van der Waals surface area contributed by atoms with Crippen molar-refractivity contribution in [2.45, 2.75) is 43.6 Å². The summed E-state index contributed by atoms with van der Waals surface area (Å²) in [5, 5.41) is 7.13. The van der Waals surface area contributed by atoms with Crippen LogP contribution in [0.5, 0.6) is 0 Å². The lowest BCUT2D eigenvalue weighted by Crippen LogP contribution is -2.52. The van der Waals surface area contributed by atoms with Crippen molar-refractivity contribution in [2.24, 2.45) is 0 Å². The van der Waals surface area contributed by atoms with E-state index in [0.717, 1.165) is 35.1 Å². The van der Waals surface area contributed by atoms with Crippen molar-refractivity contribution in [3.63, 3.8) is 0 Å². The third-order valence-corrected chi connectivity index (χ3v) is 7.53. The van der Waals surface area contributed by atoms with E-state index in [1.54, 1.807) is 29.2 Å². The third-order valence-electron chi connectivity index (χ3n) is 6.65. The normalized spacial score (nSPS) is 25.9. The molecule has 4 heterocycles. The van der Waals surface area contributed by atoms with Gasteiger partial charge in [0, 0.05) is 36.6 Å². The van der Waals surface area contributed by atoms with E-state index in [9.17, 15) is 18.0 Å². The fourth-order valence-electron chi connectivity index (χ4n) is 4.97. The smallest absolute Gasteiger partial charge is 0.362 e. The van der Waals surface area contributed by atoms with E-state index in [1.807, 2.05) is 0 Å². The van der Waals surface area contributed by atoms with Crippen molar-refractivity contribution in [2.75, 3.05) is 31.5 Å². The van der Waals surface area contributed by atoms with Gasteiger partial charge in [0.05, 0.1) is 6.04 Å². The van der Waals surface area contributed by atoms with Crippen LogP contribution in [0.4, 0.5) is 19.0 Å². The quantitative estimate of drug-likeness (QED) is 0.599. The van der Waals surface area contributed by atoms with E-state index in [0.29, 0.717) is 24.7 Å². The molecule has 2 aromatic rings. The minimum absolute atomic E-state index is 0.0380. The summed E-state index contributed by atoms with van der Waals surface area (Å²) in [4.78, 5) is 17.2. The second kappa shape index (κ2) is 8.22. The highest BCUT2D eigenvalue weighted by Crippen LogP contribution is 2.46. The molecule has 1 amide bonds. The van der Waals surface area contributed by atoms with Crippen LogP contribution in [0.2, 0.25) is 5.02 Å². The maximum atomic E-state index is 14.0. The molecule has 3 aliphatic heterocycles. The molecule has 1 N–H and O–H groups in total. The molecule has 3 aliphatic rings. The molecule has 0 spiro atoms. The molecule has 11 heteroatoms. The van der Waals surface area contributed by atoms with Crippen molar-refractivity contribution in [3.05, 3.63) is 45.0 Å². The van der Waals surface area contributed by atoms with E-state index in [-0.39, 0.29) is 23.0 Å². The Hall–Kier alpha value is -1.78. The van der Waals surface area contributed by atoms with Gasteiger partial charge >= 0.3 is 6.18 Å². The van der Waals surface area contributed by atoms with Crippen LogP contribution in [0.3, 0.4) is 0 Å². The average molecular weight is 533 g/mol. The number of hydrogen-bond acceptors (Lipinski definition) is 4. The highest BCUT2D eigenvalue weighted by molar-refractivity contribution is 9.10. The van der Waals surface area contributed by atoms with Gasteiger partial charge in [-0.1, -0.05) is 39.7 Å². The van der Waals surface area contributed by atoms with Crippen molar-refractivity contribution in [1.82, 2.24) is 19.6 Å². The number of benzene rings is 1. The predicted molar refractivity (Wildman–Crippen MR) is 118 cm³/mol. The molecule has 0 unspecified atom stereocenters. The first-order valence-corrected chi connectivity index (χ1v) is 11.8. The zero-order chi connectivity index (χ0) is 22.6. The number of anilines is 1. The zero-order valence-corrected chi connectivity index (χ0v) is 19.4. The van der Waals surface area contributed by atoms with Crippen molar-refractivity contribution >= 4 is 39.3 Å². The summed E-state index contributed by atoms with van der Waals surface area (Å²) in [6.45, 7) is 2.86. The van der Waals surface area contributed by atoms with E-state index < -0.39 is 24.2 Å². The number of fused-ring (bicyclic) bond motifs is 2. The Morgan fingerprint density at radius 1 is 1.19 bits per heavy atom. The van der Waals surface area contributed by atoms with Gasteiger partial charge in [-0.25, -0.2) is 4.68 Å². The molecule has 172 valence electrons. The molecule has 0 radical (unpaired) electrons. The second-order valence-corrected chi connectivity index (χ2v) is 9.87. The summed E-state index contributed by atoms with van der Waals surface area (Å²) in [5.41, 5.74) is 0.586. The van der Waals surface area contributed by atoms with E-state index in [4.69, 9.17) is 11.6 Å². The van der Waals surface area contributed by atoms with E-state index >= 15 is 0 Å². The van der Waals surface area contributed by atoms with Gasteiger partial charge in [0.25, 0.3) is 5.91 Å². The largest absolute Gasteiger partial charge is 0.410 e. The number of carbonyl (C=O) groups is 1. The van der Waals surface area contributed by atoms with Gasteiger partial charge in [-0.05, 0) is 37.1 Å². The molecular weight excluding hydrogens is 511 g/mol. The number of aromatic nitrogens is 2. The minimum Gasteiger partial charge on any atom is -0.362 e. The van der Waals surface area contributed by atoms with Crippen LogP contribution in [0.15, 0.2) is 28.7 Å². The van der Waals surface area contributed by atoms with Crippen LogP contribution in [0, 0.1) is 0 Å². The predicted octanol–water partition coefficient (Wildman–Crippen LogP) is 4.88. The Labute approximate surface area is 196 Å². The van der Waals surface area contributed by atoms with Crippen molar-refractivity contribution < 1.29 is 18.0 Å². The van der Waals surface area contributed by atoms with E-state index in [2.05, 4.69) is 31.2 Å². The summed E-state index contributed by atoms with van der Waals surface area (Å²) in [5.74, 6) is -0.373. The Kier molecular flexibility index (Phi) is 5.66. The van der Waals surface area contributed by atoms with Gasteiger partial charge in [-0.15, -0.1) is 0 Å². The number of carbonyl (C=O) groups excluding carboxylic acids is 1. The lowest BCUT2D eigenvalue weighted by atomic mass is 9.97. The molecule has 0 aliphatic carbocycles. The molecule has 6 nitrogen and oxygen atoms in total. The first-order chi connectivity index (χ1) is 15.2. The maximum absolute atomic E-state index is 14.0. The molecule has 32 heavy (non-hydrogen) atoms. The van der Waals surface area contributed by atoms with Gasteiger partial charge < -0.3 is 10.2 Å². The summed E-state index contributed by atoms with van der Waals surface area (Å²) < 4.78 is 43.6. The van der Waals surface area contributed by atoms with Gasteiger partial charge in [-0.3, -0.25) is 9.69 Å². The van der Waals surface area contributed by atoms with Crippen molar-refractivity contribution in [3.8, 4) is 0 Å². The standard InChI is InChI=1S/C21H22BrClF3N5O/c22-13-5-3-12(4-6-13)15-10-16(21(24,25)26)31-19(27-15)17(23)18(28-31)20(32)30-9-8-29-7-1-2-14(29)11-30/h3-6,14-16,27H,1-2,7-11H2/t14-,15-,16-/m0/s1. The van der Waals surface area contributed by atoms with Crippen molar-refractivity contribution in [1.29, 1.82) is 0 Å².